The van der Waals surface area contributed by atoms with Crippen LogP contribution in [-0.2, 0) is 0 Å². The van der Waals surface area contributed by atoms with Gasteiger partial charge in [0.05, 0.1) is 26.0 Å². The maximum absolute atomic E-state index is 6.61. The van der Waals surface area contributed by atoms with E-state index in [9.17, 15) is 0 Å². The lowest BCUT2D eigenvalue weighted by atomic mass is 9.93. The number of hydrogen-bond acceptors (Lipinski definition) is 5. The number of rotatable bonds is 3. The largest absolute Gasteiger partial charge is 0.497 e. The molecule has 5 rings (SSSR count). The van der Waals surface area contributed by atoms with Crippen LogP contribution in [0.1, 0.15) is 49.3 Å². The lowest BCUT2D eigenvalue weighted by Gasteiger charge is -2.46. The van der Waals surface area contributed by atoms with Crippen LogP contribution in [0.4, 0.5) is 0 Å². The molecule has 1 aliphatic carbocycles. The fraction of sp³-hybridized carbons (Fsp3) is 0.409. The Morgan fingerprint density at radius 1 is 1.04 bits per heavy atom. The zero-order valence-electron chi connectivity index (χ0n) is 15.8. The molecule has 1 spiro atoms. The van der Waals surface area contributed by atoms with Gasteiger partial charge in [0.15, 0.2) is 17.2 Å². The average Bonchev–Trinajstić information content (AvgIpc) is 3.36. The Bertz CT molecular complexity index is 885. The summed E-state index contributed by atoms with van der Waals surface area (Å²) in [5, 5.41) is 7.31. The van der Waals surface area contributed by atoms with Crippen LogP contribution in [0.2, 0.25) is 0 Å². The molecule has 0 unspecified atom stereocenters. The molecule has 0 radical (unpaired) electrons. The second kappa shape index (κ2) is 6.19. The van der Waals surface area contributed by atoms with E-state index in [2.05, 4.69) is 23.2 Å². The Labute approximate surface area is 159 Å². The van der Waals surface area contributed by atoms with Crippen molar-refractivity contribution in [1.82, 2.24) is 5.01 Å². The van der Waals surface area contributed by atoms with Crippen LogP contribution in [-0.4, -0.2) is 30.7 Å². The molecule has 0 bridgehead atoms. The van der Waals surface area contributed by atoms with Crippen molar-refractivity contribution in [3.63, 3.8) is 0 Å². The highest BCUT2D eigenvalue weighted by Crippen LogP contribution is 2.54. The SMILES string of the molecule is COc1ccc(C2=NN3[C@@H](C2)c2cccc(OC)c2OC32CCCC2)cc1. The van der Waals surface area contributed by atoms with Crippen molar-refractivity contribution in [1.29, 1.82) is 0 Å². The summed E-state index contributed by atoms with van der Waals surface area (Å²) in [7, 11) is 3.40. The van der Waals surface area contributed by atoms with Gasteiger partial charge in [-0.05, 0) is 48.7 Å². The van der Waals surface area contributed by atoms with E-state index in [4.69, 9.17) is 19.3 Å². The second-order valence-electron chi connectivity index (χ2n) is 7.47. The first kappa shape index (κ1) is 16.5. The fourth-order valence-corrected chi connectivity index (χ4v) is 4.65. The van der Waals surface area contributed by atoms with Crippen LogP contribution in [0, 0.1) is 0 Å². The molecule has 3 aliphatic rings. The molecule has 2 aromatic carbocycles. The van der Waals surface area contributed by atoms with E-state index in [1.165, 1.54) is 18.4 Å². The van der Waals surface area contributed by atoms with Gasteiger partial charge in [0.2, 0.25) is 0 Å². The van der Waals surface area contributed by atoms with Crippen molar-refractivity contribution >= 4 is 5.71 Å². The fourth-order valence-electron chi connectivity index (χ4n) is 4.65. The third kappa shape index (κ3) is 2.48. The monoisotopic (exact) mass is 364 g/mol. The molecule has 0 N–H and O–H groups in total. The molecule has 5 nitrogen and oxygen atoms in total. The predicted molar refractivity (Wildman–Crippen MR) is 104 cm³/mol. The highest BCUT2D eigenvalue weighted by molar-refractivity contribution is 6.02. The van der Waals surface area contributed by atoms with Crippen molar-refractivity contribution in [2.45, 2.75) is 43.9 Å². The quantitative estimate of drug-likeness (QED) is 0.803. The molecule has 1 fully saturated rings. The molecule has 2 aromatic rings. The summed E-state index contributed by atoms with van der Waals surface area (Å²) in [4.78, 5) is 0. The summed E-state index contributed by atoms with van der Waals surface area (Å²) >= 11 is 0. The van der Waals surface area contributed by atoms with Gasteiger partial charge in [-0.25, -0.2) is 5.01 Å². The van der Waals surface area contributed by atoms with Crippen molar-refractivity contribution < 1.29 is 14.2 Å². The third-order valence-corrected chi connectivity index (χ3v) is 6.02. The van der Waals surface area contributed by atoms with Gasteiger partial charge in [0, 0.05) is 24.8 Å². The van der Waals surface area contributed by atoms with Gasteiger partial charge in [0.25, 0.3) is 0 Å². The summed E-state index contributed by atoms with van der Waals surface area (Å²) in [6.07, 6.45) is 5.21. The number of ether oxygens (including phenoxy) is 3. The standard InChI is InChI=1S/C22H24N2O3/c1-25-16-10-8-15(9-11-16)18-14-19-17-6-5-7-20(26-2)21(17)27-22(24(19)23-18)12-3-4-13-22/h5-11,19H,3-4,12-14H2,1-2H3/t19-/m0/s1. The van der Waals surface area contributed by atoms with Gasteiger partial charge >= 0.3 is 0 Å². The van der Waals surface area contributed by atoms with E-state index in [1.807, 2.05) is 24.3 Å². The minimum absolute atomic E-state index is 0.194. The summed E-state index contributed by atoms with van der Waals surface area (Å²) in [6.45, 7) is 0. The van der Waals surface area contributed by atoms with E-state index in [0.717, 1.165) is 47.8 Å². The number of para-hydroxylation sites is 1. The molecule has 0 saturated heterocycles. The van der Waals surface area contributed by atoms with Gasteiger partial charge in [0.1, 0.15) is 5.75 Å². The molecule has 140 valence electrons. The minimum Gasteiger partial charge on any atom is -0.497 e. The Balaban J connectivity index is 1.58. The summed E-state index contributed by atoms with van der Waals surface area (Å²) in [5.41, 5.74) is 3.07. The first-order valence-electron chi connectivity index (χ1n) is 9.61. The van der Waals surface area contributed by atoms with E-state index in [0.29, 0.717) is 0 Å². The Kier molecular flexibility index (Phi) is 3.78. The molecule has 5 heteroatoms. The molecule has 0 aromatic heterocycles. The first-order valence-corrected chi connectivity index (χ1v) is 9.61. The van der Waals surface area contributed by atoms with Gasteiger partial charge in [-0.3, -0.25) is 0 Å². The highest BCUT2D eigenvalue weighted by atomic mass is 16.5. The van der Waals surface area contributed by atoms with Crippen molar-refractivity contribution in [2.75, 3.05) is 14.2 Å². The lowest BCUT2D eigenvalue weighted by molar-refractivity contribution is -0.115. The van der Waals surface area contributed by atoms with Crippen LogP contribution in [0.25, 0.3) is 0 Å². The Morgan fingerprint density at radius 3 is 2.52 bits per heavy atom. The van der Waals surface area contributed by atoms with Gasteiger partial charge < -0.3 is 14.2 Å². The van der Waals surface area contributed by atoms with Crippen LogP contribution in [0.3, 0.4) is 0 Å². The molecular formula is C22H24N2O3. The molecule has 2 aliphatic heterocycles. The van der Waals surface area contributed by atoms with Gasteiger partial charge in [-0.15, -0.1) is 0 Å². The minimum atomic E-state index is -0.347. The second-order valence-corrected chi connectivity index (χ2v) is 7.47. The van der Waals surface area contributed by atoms with E-state index in [-0.39, 0.29) is 11.8 Å². The lowest BCUT2D eigenvalue weighted by Crippen LogP contribution is -2.51. The van der Waals surface area contributed by atoms with Crippen molar-refractivity contribution in [2.24, 2.45) is 5.10 Å². The van der Waals surface area contributed by atoms with Crippen molar-refractivity contribution in [3.8, 4) is 17.2 Å². The van der Waals surface area contributed by atoms with Gasteiger partial charge in [-0.2, -0.15) is 5.10 Å². The number of nitrogens with zero attached hydrogens (tertiary/aromatic N) is 2. The van der Waals surface area contributed by atoms with Crippen LogP contribution < -0.4 is 14.2 Å². The van der Waals surface area contributed by atoms with Crippen LogP contribution in [0.5, 0.6) is 17.2 Å². The molecule has 0 amide bonds. The zero-order valence-corrected chi connectivity index (χ0v) is 15.8. The van der Waals surface area contributed by atoms with Crippen molar-refractivity contribution in [3.05, 3.63) is 53.6 Å². The normalized spacial score (nSPS) is 22.1. The molecule has 27 heavy (non-hydrogen) atoms. The molecule has 1 saturated carbocycles. The Morgan fingerprint density at radius 2 is 1.81 bits per heavy atom. The number of methoxy groups -OCH3 is 2. The Hall–Kier alpha value is -2.69. The topological polar surface area (TPSA) is 43.3 Å². The first-order chi connectivity index (χ1) is 13.2. The van der Waals surface area contributed by atoms with Crippen LogP contribution in [0.15, 0.2) is 47.6 Å². The summed E-state index contributed by atoms with van der Waals surface area (Å²) < 4.78 is 17.5. The number of fused-ring (bicyclic) bond motifs is 4. The molecule has 1 atom stereocenters. The van der Waals surface area contributed by atoms with Gasteiger partial charge in [-0.1, -0.05) is 12.1 Å². The number of hydrazone groups is 1. The number of benzene rings is 2. The maximum atomic E-state index is 6.61. The predicted octanol–water partition coefficient (Wildman–Crippen LogP) is 4.52. The average molecular weight is 364 g/mol. The summed E-state index contributed by atoms with van der Waals surface area (Å²) in [5.74, 6) is 2.58. The van der Waals surface area contributed by atoms with Crippen LogP contribution >= 0.6 is 0 Å². The molecule has 2 heterocycles. The van der Waals surface area contributed by atoms with E-state index in [1.54, 1.807) is 14.2 Å². The highest BCUT2D eigenvalue weighted by Gasteiger charge is 2.52. The van der Waals surface area contributed by atoms with E-state index >= 15 is 0 Å². The molecular weight excluding hydrogens is 340 g/mol. The maximum Gasteiger partial charge on any atom is 0.198 e. The zero-order chi connectivity index (χ0) is 18.4. The smallest absolute Gasteiger partial charge is 0.198 e. The summed E-state index contributed by atoms with van der Waals surface area (Å²) in [6, 6.07) is 14.5. The van der Waals surface area contributed by atoms with E-state index < -0.39 is 0 Å². The number of hydrogen-bond donors (Lipinski definition) is 0. The third-order valence-electron chi connectivity index (χ3n) is 6.02.